The highest BCUT2D eigenvalue weighted by molar-refractivity contribution is 5.77. The number of hydrogen-bond donors (Lipinski definition) is 2. The molecule has 1 fully saturated rings. The molecule has 0 aromatic carbocycles. The van der Waals surface area contributed by atoms with E-state index in [1.165, 1.54) is 0 Å². The lowest BCUT2D eigenvalue weighted by Crippen LogP contribution is -2.47. The number of carbonyl (C=O) groups is 1. The number of methoxy groups -OCH3 is 2. The molecule has 1 unspecified atom stereocenters. The zero-order valence-corrected chi connectivity index (χ0v) is 11.0. The van der Waals surface area contributed by atoms with E-state index in [0.29, 0.717) is 6.42 Å². The van der Waals surface area contributed by atoms with Crippen LogP contribution in [0.2, 0.25) is 0 Å². The fourth-order valence-corrected chi connectivity index (χ4v) is 2.45. The lowest BCUT2D eigenvalue weighted by atomic mass is 9.94. The average molecular weight is 244 g/mol. The second-order valence-corrected chi connectivity index (χ2v) is 4.94. The summed E-state index contributed by atoms with van der Waals surface area (Å²) < 4.78 is 10.2. The third-order valence-corrected chi connectivity index (χ3v) is 3.37. The SMILES string of the molecule is COC(OC)C(C)NC(=O)CC1(N)CCCC1. The van der Waals surface area contributed by atoms with Crippen LogP contribution in [0, 0.1) is 0 Å². The summed E-state index contributed by atoms with van der Waals surface area (Å²) in [6.07, 6.45) is 4.09. The van der Waals surface area contributed by atoms with Gasteiger partial charge >= 0.3 is 0 Å². The molecule has 1 aliphatic carbocycles. The molecule has 1 atom stereocenters. The molecule has 1 amide bonds. The second kappa shape index (κ2) is 6.33. The summed E-state index contributed by atoms with van der Waals surface area (Å²) in [5.41, 5.74) is 5.85. The number of carbonyl (C=O) groups excluding carboxylic acids is 1. The first kappa shape index (κ1) is 14.4. The quantitative estimate of drug-likeness (QED) is 0.677. The molecule has 0 radical (unpaired) electrons. The number of ether oxygens (including phenoxy) is 2. The minimum Gasteiger partial charge on any atom is -0.354 e. The van der Waals surface area contributed by atoms with Crippen molar-refractivity contribution in [2.75, 3.05) is 14.2 Å². The van der Waals surface area contributed by atoms with E-state index >= 15 is 0 Å². The molecule has 0 aliphatic heterocycles. The van der Waals surface area contributed by atoms with Gasteiger partial charge in [-0.05, 0) is 19.8 Å². The van der Waals surface area contributed by atoms with E-state index in [9.17, 15) is 4.79 Å². The van der Waals surface area contributed by atoms with Gasteiger partial charge in [-0.2, -0.15) is 0 Å². The van der Waals surface area contributed by atoms with E-state index in [1.807, 2.05) is 6.92 Å². The normalized spacial score (nSPS) is 20.5. The summed E-state index contributed by atoms with van der Waals surface area (Å²) in [5, 5.41) is 2.86. The summed E-state index contributed by atoms with van der Waals surface area (Å²) in [7, 11) is 3.11. The van der Waals surface area contributed by atoms with Crippen molar-refractivity contribution in [3.63, 3.8) is 0 Å². The second-order valence-electron chi connectivity index (χ2n) is 4.94. The summed E-state index contributed by atoms with van der Waals surface area (Å²) >= 11 is 0. The maximum absolute atomic E-state index is 11.8. The summed E-state index contributed by atoms with van der Waals surface area (Å²) in [4.78, 5) is 11.8. The van der Waals surface area contributed by atoms with Crippen LogP contribution >= 0.6 is 0 Å². The van der Waals surface area contributed by atoms with Crippen LogP contribution in [0.5, 0.6) is 0 Å². The fraction of sp³-hybridized carbons (Fsp3) is 0.917. The largest absolute Gasteiger partial charge is 0.354 e. The van der Waals surface area contributed by atoms with Crippen molar-refractivity contribution in [3.8, 4) is 0 Å². The van der Waals surface area contributed by atoms with E-state index < -0.39 is 6.29 Å². The van der Waals surface area contributed by atoms with Crippen molar-refractivity contribution in [2.24, 2.45) is 5.73 Å². The number of nitrogens with one attached hydrogen (secondary N) is 1. The van der Waals surface area contributed by atoms with Crippen molar-refractivity contribution in [1.82, 2.24) is 5.32 Å². The van der Waals surface area contributed by atoms with E-state index in [2.05, 4.69) is 5.32 Å². The Hall–Kier alpha value is -0.650. The summed E-state index contributed by atoms with van der Waals surface area (Å²) in [6.45, 7) is 1.85. The molecule has 5 heteroatoms. The lowest BCUT2D eigenvalue weighted by Gasteiger charge is -2.26. The topological polar surface area (TPSA) is 73.6 Å². The molecule has 0 aromatic heterocycles. The molecule has 0 bridgehead atoms. The molecular weight excluding hydrogens is 220 g/mol. The van der Waals surface area contributed by atoms with Gasteiger partial charge in [0.15, 0.2) is 6.29 Å². The van der Waals surface area contributed by atoms with Crippen LogP contribution < -0.4 is 11.1 Å². The van der Waals surface area contributed by atoms with Gasteiger partial charge in [-0.3, -0.25) is 4.79 Å². The van der Waals surface area contributed by atoms with Crippen LogP contribution in [0.1, 0.15) is 39.0 Å². The fourth-order valence-electron chi connectivity index (χ4n) is 2.45. The van der Waals surface area contributed by atoms with Gasteiger partial charge in [0.1, 0.15) is 0 Å². The smallest absolute Gasteiger partial charge is 0.222 e. The minimum atomic E-state index is -0.420. The van der Waals surface area contributed by atoms with Crippen molar-refractivity contribution in [1.29, 1.82) is 0 Å². The third-order valence-electron chi connectivity index (χ3n) is 3.37. The highest BCUT2D eigenvalue weighted by atomic mass is 16.7. The third kappa shape index (κ3) is 4.26. The van der Waals surface area contributed by atoms with Crippen LogP contribution in [-0.4, -0.2) is 38.0 Å². The first-order valence-electron chi connectivity index (χ1n) is 6.14. The van der Waals surface area contributed by atoms with E-state index in [0.717, 1.165) is 25.7 Å². The van der Waals surface area contributed by atoms with E-state index in [4.69, 9.17) is 15.2 Å². The molecule has 1 rings (SSSR count). The van der Waals surface area contributed by atoms with E-state index in [-0.39, 0.29) is 17.5 Å². The van der Waals surface area contributed by atoms with Crippen LogP contribution in [-0.2, 0) is 14.3 Å². The zero-order chi connectivity index (χ0) is 12.9. The highest BCUT2D eigenvalue weighted by Gasteiger charge is 2.32. The van der Waals surface area contributed by atoms with Crippen LogP contribution in [0.4, 0.5) is 0 Å². The van der Waals surface area contributed by atoms with Gasteiger partial charge in [0.05, 0.1) is 6.04 Å². The Morgan fingerprint density at radius 1 is 1.35 bits per heavy atom. The Kier molecular flexibility index (Phi) is 5.36. The van der Waals surface area contributed by atoms with Gasteiger partial charge in [0, 0.05) is 26.2 Å². The Bertz CT molecular complexity index is 248. The monoisotopic (exact) mass is 244 g/mol. The molecule has 1 aliphatic rings. The first-order chi connectivity index (χ1) is 8.00. The molecule has 17 heavy (non-hydrogen) atoms. The molecule has 0 aromatic rings. The lowest BCUT2D eigenvalue weighted by molar-refractivity contribution is -0.136. The molecule has 1 saturated carbocycles. The highest BCUT2D eigenvalue weighted by Crippen LogP contribution is 2.29. The molecule has 0 heterocycles. The van der Waals surface area contributed by atoms with Crippen LogP contribution in [0.25, 0.3) is 0 Å². The maximum Gasteiger partial charge on any atom is 0.222 e. The van der Waals surface area contributed by atoms with Crippen molar-refractivity contribution in [2.45, 2.75) is 56.9 Å². The molecule has 5 nitrogen and oxygen atoms in total. The van der Waals surface area contributed by atoms with Crippen molar-refractivity contribution < 1.29 is 14.3 Å². The maximum atomic E-state index is 11.8. The molecular formula is C12H24N2O3. The molecule has 3 N–H and O–H groups in total. The number of rotatable bonds is 6. The Morgan fingerprint density at radius 2 is 1.88 bits per heavy atom. The zero-order valence-electron chi connectivity index (χ0n) is 11.0. The van der Waals surface area contributed by atoms with Gasteiger partial charge in [0.25, 0.3) is 0 Å². The van der Waals surface area contributed by atoms with Gasteiger partial charge in [0.2, 0.25) is 5.91 Å². The van der Waals surface area contributed by atoms with E-state index in [1.54, 1.807) is 14.2 Å². The van der Waals surface area contributed by atoms with Crippen LogP contribution in [0.3, 0.4) is 0 Å². The molecule has 0 spiro atoms. The van der Waals surface area contributed by atoms with Gasteiger partial charge in [-0.25, -0.2) is 0 Å². The standard InChI is InChI=1S/C12H24N2O3/c1-9(11(16-2)17-3)14-10(15)8-12(13)6-4-5-7-12/h9,11H,4-8,13H2,1-3H3,(H,14,15). The average Bonchev–Trinajstić information content (AvgIpc) is 2.66. The van der Waals surface area contributed by atoms with Crippen LogP contribution in [0.15, 0.2) is 0 Å². The predicted molar refractivity (Wildman–Crippen MR) is 65.4 cm³/mol. The molecule has 100 valence electrons. The summed E-state index contributed by atoms with van der Waals surface area (Å²) in [6, 6.07) is -0.178. The first-order valence-corrected chi connectivity index (χ1v) is 6.14. The van der Waals surface area contributed by atoms with Gasteiger partial charge < -0.3 is 20.5 Å². The predicted octanol–water partition coefficient (Wildman–Crippen LogP) is 0.772. The Morgan fingerprint density at radius 3 is 2.35 bits per heavy atom. The van der Waals surface area contributed by atoms with Crippen molar-refractivity contribution >= 4 is 5.91 Å². The number of nitrogens with two attached hydrogens (primary N) is 1. The molecule has 0 saturated heterocycles. The van der Waals surface area contributed by atoms with Gasteiger partial charge in [-0.15, -0.1) is 0 Å². The Labute approximate surface area is 103 Å². The van der Waals surface area contributed by atoms with Crippen molar-refractivity contribution in [3.05, 3.63) is 0 Å². The number of amides is 1. The minimum absolute atomic E-state index is 0.0269. The number of hydrogen-bond acceptors (Lipinski definition) is 4. The van der Waals surface area contributed by atoms with Gasteiger partial charge in [-0.1, -0.05) is 12.8 Å². The Balaban J connectivity index is 2.38. The summed E-state index contributed by atoms with van der Waals surface area (Å²) in [5.74, 6) is -0.0269.